The number of ether oxygens (including phenoxy) is 1. The average molecular weight is 612 g/mol. The molecule has 2 atom stereocenters. The van der Waals surface area contributed by atoms with Crippen LogP contribution in [-0.4, -0.2) is 25.3 Å². The van der Waals surface area contributed by atoms with Gasteiger partial charge in [-0.05, 0) is 77.3 Å². The predicted octanol–water partition coefficient (Wildman–Crippen LogP) is 8.32. The highest BCUT2D eigenvalue weighted by Crippen LogP contribution is 2.56. The Balaban J connectivity index is 1.50. The van der Waals surface area contributed by atoms with E-state index in [0.29, 0.717) is 30.9 Å². The maximum atomic E-state index is 14.8. The van der Waals surface area contributed by atoms with Gasteiger partial charge in [0.15, 0.2) is 0 Å². The van der Waals surface area contributed by atoms with Gasteiger partial charge in [-0.25, -0.2) is 8.42 Å². The highest BCUT2D eigenvalue weighted by Gasteiger charge is 2.56. The van der Waals surface area contributed by atoms with E-state index in [0.717, 1.165) is 50.9 Å². The summed E-state index contributed by atoms with van der Waals surface area (Å²) in [5.41, 5.74) is 7.71. The average Bonchev–Trinajstić information content (AvgIpc) is 3.25. The Morgan fingerprint density at radius 1 is 0.733 bits per heavy atom. The maximum absolute atomic E-state index is 14.8. The molecular formula is C40H37NO3S. The van der Waals surface area contributed by atoms with Gasteiger partial charge in [0.05, 0.1) is 17.5 Å². The molecule has 1 fully saturated rings. The molecule has 5 heteroatoms. The van der Waals surface area contributed by atoms with Gasteiger partial charge in [-0.15, -0.1) is 0 Å². The minimum atomic E-state index is -3.89. The van der Waals surface area contributed by atoms with E-state index < -0.39 is 21.7 Å². The van der Waals surface area contributed by atoms with Crippen molar-refractivity contribution in [2.75, 3.05) is 6.54 Å². The molecule has 226 valence electrons. The minimum absolute atomic E-state index is 0.311. The van der Waals surface area contributed by atoms with E-state index in [1.165, 1.54) is 0 Å². The molecule has 45 heavy (non-hydrogen) atoms. The van der Waals surface area contributed by atoms with E-state index in [9.17, 15) is 8.42 Å². The third-order valence-corrected chi connectivity index (χ3v) is 11.2. The van der Waals surface area contributed by atoms with Crippen molar-refractivity contribution in [3.8, 4) is 0 Å². The fraction of sp³-hybridized carbons (Fsp3) is 0.200. The molecule has 5 aromatic carbocycles. The van der Waals surface area contributed by atoms with Crippen LogP contribution in [0.1, 0.15) is 46.2 Å². The number of rotatable bonds is 8. The van der Waals surface area contributed by atoms with Gasteiger partial charge in [0, 0.05) is 6.54 Å². The summed E-state index contributed by atoms with van der Waals surface area (Å²) in [4.78, 5) is 0.311. The summed E-state index contributed by atoms with van der Waals surface area (Å²) in [7, 11) is -3.89. The van der Waals surface area contributed by atoms with Crippen LogP contribution in [0.4, 0.5) is 0 Å². The lowest BCUT2D eigenvalue weighted by molar-refractivity contribution is -0.0718. The largest absolute Gasteiger partial charge is 0.359 e. The van der Waals surface area contributed by atoms with Gasteiger partial charge < -0.3 is 4.74 Å². The standard InChI is InChI=1S/C40H37NO3S/c1-30-23-25-34(26-24-30)45(42,43)41-27-13-22-37-39(33-18-9-4-10-19-33)35-20-11-12-21-36(35)40(37,44-29-32-16-7-3-8-17-32)38(41)28-31-14-5-2-6-15-31/h2-12,14-21,23-26,38H,13,22,27-29H2,1H3/t38-,40-/m0/s1. The quantitative estimate of drug-likeness (QED) is 0.177. The van der Waals surface area contributed by atoms with E-state index in [-0.39, 0.29) is 0 Å². The smallest absolute Gasteiger partial charge is 0.243 e. The predicted molar refractivity (Wildman–Crippen MR) is 180 cm³/mol. The zero-order valence-corrected chi connectivity index (χ0v) is 26.3. The van der Waals surface area contributed by atoms with Crippen LogP contribution in [0, 0.1) is 6.92 Å². The van der Waals surface area contributed by atoms with E-state index in [1.807, 2.05) is 61.5 Å². The first-order valence-corrected chi connectivity index (χ1v) is 17.1. The van der Waals surface area contributed by atoms with Gasteiger partial charge in [-0.2, -0.15) is 4.31 Å². The minimum Gasteiger partial charge on any atom is -0.359 e. The van der Waals surface area contributed by atoms with Crippen molar-refractivity contribution in [2.45, 2.75) is 49.3 Å². The molecule has 5 aromatic rings. The van der Waals surface area contributed by atoms with E-state index in [1.54, 1.807) is 16.4 Å². The lowest BCUT2D eigenvalue weighted by Gasteiger charge is -2.44. The lowest BCUT2D eigenvalue weighted by atomic mass is 9.79. The molecule has 0 N–H and O–H groups in total. The number of aryl methyl sites for hydroxylation is 1. The molecule has 7 rings (SSSR count). The van der Waals surface area contributed by atoms with Gasteiger partial charge in [-0.1, -0.05) is 133 Å². The van der Waals surface area contributed by atoms with Crippen molar-refractivity contribution < 1.29 is 13.2 Å². The van der Waals surface area contributed by atoms with Crippen molar-refractivity contribution in [3.05, 3.63) is 178 Å². The van der Waals surface area contributed by atoms with Crippen LogP contribution < -0.4 is 0 Å². The highest BCUT2D eigenvalue weighted by molar-refractivity contribution is 7.89. The molecule has 2 aliphatic rings. The Morgan fingerprint density at radius 3 is 2.02 bits per heavy atom. The molecule has 0 spiro atoms. The normalized spacial score (nSPS) is 20.0. The molecule has 0 saturated carbocycles. The molecule has 1 saturated heterocycles. The molecule has 0 radical (unpaired) electrons. The Bertz CT molecular complexity index is 1920. The Kier molecular flexibility index (Phi) is 8.01. The van der Waals surface area contributed by atoms with Crippen molar-refractivity contribution in [2.24, 2.45) is 0 Å². The Hall–Kier alpha value is -4.29. The molecule has 0 amide bonds. The summed E-state index contributed by atoms with van der Waals surface area (Å²) in [6.45, 7) is 2.73. The van der Waals surface area contributed by atoms with E-state index in [4.69, 9.17) is 4.74 Å². The summed E-state index contributed by atoms with van der Waals surface area (Å²) in [5, 5.41) is 0. The summed E-state index contributed by atoms with van der Waals surface area (Å²) in [6, 6.07) is 46.1. The Morgan fingerprint density at radius 2 is 1.33 bits per heavy atom. The Labute approximate surface area is 266 Å². The number of sulfonamides is 1. The first-order chi connectivity index (χ1) is 22.0. The van der Waals surface area contributed by atoms with Crippen LogP contribution in [0.2, 0.25) is 0 Å². The number of hydrogen-bond donors (Lipinski definition) is 0. The molecule has 0 unspecified atom stereocenters. The third kappa shape index (κ3) is 5.35. The van der Waals surface area contributed by atoms with Crippen molar-refractivity contribution in [1.29, 1.82) is 0 Å². The van der Waals surface area contributed by atoms with Gasteiger partial charge in [-0.3, -0.25) is 0 Å². The summed E-state index contributed by atoms with van der Waals surface area (Å²) < 4.78 is 38.6. The van der Waals surface area contributed by atoms with Crippen LogP contribution in [-0.2, 0) is 33.4 Å². The zero-order chi connectivity index (χ0) is 30.9. The fourth-order valence-electron chi connectivity index (χ4n) is 7.18. The summed E-state index contributed by atoms with van der Waals surface area (Å²) in [6.07, 6.45) is 1.91. The summed E-state index contributed by atoms with van der Waals surface area (Å²) in [5.74, 6) is 0. The monoisotopic (exact) mass is 611 g/mol. The summed E-state index contributed by atoms with van der Waals surface area (Å²) >= 11 is 0. The van der Waals surface area contributed by atoms with Crippen molar-refractivity contribution in [3.63, 3.8) is 0 Å². The van der Waals surface area contributed by atoms with Gasteiger partial charge in [0.1, 0.15) is 5.60 Å². The molecule has 4 nitrogen and oxygen atoms in total. The maximum Gasteiger partial charge on any atom is 0.243 e. The molecule has 1 aliphatic carbocycles. The van der Waals surface area contributed by atoms with Crippen LogP contribution in [0.15, 0.2) is 150 Å². The number of hydrogen-bond acceptors (Lipinski definition) is 3. The van der Waals surface area contributed by atoms with E-state index in [2.05, 4.69) is 72.8 Å². The van der Waals surface area contributed by atoms with E-state index >= 15 is 0 Å². The number of benzene rings is 5. The number of fused-ring (bicyclic) bond motifs is 3. The van der Waals surface area contributed by atoms with Gasteiger partial charge >= 0.3 is 0 Å². The zero-order valence-electron chi connectivity index (χ0n) is 25.5. The third-order valence-electron chi connectivity index (χ3n) is 9.24. The SMILES string of the molecule is Cc1ccc(S(=O)(=O)N2CCCC3=C(c4ccccc4)c4ccccc4[C@@]3(OCc3ccccc3)[C@@H]2Cc2ccccc2)cc1. The van der Waals surface area contributed by atoms with Gasteiger partial charge in [0.25, 0.3) is 0 Å². The number of nitrogens with zero attached hydrogens (tertiary/aromatic N) is 1. The molecule has 1 aliphatic heterocycles. The topological polar surface area (TPSA) is 46.6 Å². The van der Waals surface area contributed by atoms with Crippen LogP contribution >= 0.6 is 0 Å². The molecule has 0 aromatic heterocycles. The highest BCUT2D eigenvalue weighted by atomic mass is 32.2. The molecule has 0 bridgehead atoms. The first kappa shape index (κ1) is 29.4. The lowest BCUT2D eigenvalue weighted by Crippen LogP contribution is -2.54. The van der Waals surface area contributed by atoms with Crippen molar-refractivity contribution in [1.82, 2.24) is 4.31 Å². The van der Waals surface area contributed by atoms with Crippen LogP contribution in [0.25, 0.3) is 5.57 Å². The van der Waals surface area contributed by atoms with Crippen LogP contribution in [0.3, 0.4) is 0 Å². The van der Waals surface area contributed by atoms with Gasteiger partial charge in [0.2, 0.25) is 10.0 Å². The van der Waals surface area contributed by atoms with Crippen LogP contribution in [0.5, 0.6) is 0 Å². The fourth-order valence-corrected chi connectivity index (χ4v) is 8.86. The molecular weight excluding hydrogens is 575 g/mol. The van der Waals surface area contributed by atoms with Crippen molar-refractivity contribution >= 4 is 15.6 Å². The second-order valence-electron chi connectivity index (χ2n) is 12.0. The second kappa shape index (κ2) is 12.2. The second-order valence-corrected chi connectivity index (χ2v) is 13.9. The molecule has 1 heterocycles. The first-order valence-electron chi connectivity index (χ1n) is 15.7.